The van der Waals surface area contributed by atoms with Crippen LogP contribution in [0.25, 0.3) is 16.9 Å². The van der Waals surface area contributed by atoms with Crippen LogP contribution in [0.4, 0.5) is 0 Å². The Morgan fingerprint density at radius 3 is 1.37 bits per heavy atom. The van der Waals surface area contributed by atoms with Gasteiger partial charge in [-0.25, -0.2) is 4.70 Å². The van der Waals surface area contributed by atoms with E-state index in [1.54, 1.807) is 4.70 Å². The van der Waals surface area contributed by atoms with Gasteiger partial charge in [0, 0.05) is 42.7 Å². The molecule has 1 aliphatic rings. The van der Waals surface area contributed by atoms with Gasteiger partial charge in [0.2, 0.25) is 11.4 Å². The van der Waals surface area contributed by atoms with E-state index in [-0.39, 0.29) is 20.4 Å². The monoisotopic (exact) mass is 646 g/mol. The van der Waals surface area contributed by atoms with Gasteiger partial charge in [0.25, 0.3) is 0 Å². The zero-order valence-electron chi connectivity index (χ0n) is 26.6. The SMILES string of the molecule is CCCCCCCCC1=C(c2cccc(CCCCC)c2)[N+](=[N-])C(c2cccc(CCCCC)c2)=C1CCCC.[Pd]. The molecule has 2 aromatic carbocycles. The summed E-state index contributed by atoms with van der Waals surface area (Å²) in [6.45, 7) is 9.09. The average Bonchev–Trinajstić information content (AvgIpc) is 3.25. The Balaban J connectivity index is 0.00000588. The van der Waals surface area contributed by atoms with Crippen molar-refractivity contribution < 1.29 is 25.1 Å². The molecule has 0 saturated heterocycles. The van der Waals surface area contributed by atoms with E-state index < -0.39 is 0 Å². The largest absolute Gasteiger partial charge is 0.493 e. The minimum Gasteiger partial charge on any atom is -0.493 e. The third-order valence-corrected chi connectivity index (χ3v) is 8.46. The molecule has 0 saturated carbocycles. The topological polar surface area (TPSA) is 25.3 Å². The molecular formula is C38H56N2Pd. The van der Waals surface area contributed by atoms with E-state index in [0.29, 0.717) is 0 Å². The Morgan fingerprint density at radius 2 is 0.878 bits per heavy atom. The molecule has 0 unspecified atom stereocenters. The molecule has 3 heteroatoms. The second kappa shape index (κ2) is 20.2. The van der Waals surface area contributed by atoms with Crippen LogP contribution in [0.15, 0.2) is 59.7 Å². The third-order valence-electron chi connectivity index (χ3n) is 8.46. The van der Waals surface area contributed by atoms with Crippen LogP contribution in [0.5, 0.6) is 0 Å². The first-order valence-corrected chi connectivity index (χ1v) is 16.8. The minimum absolute atomic E-state index is 0. The van der Waals surface area contributed by atoms with Gasteiger partial charge < -0.3 is 5.53 Å². The molecule has 0 atom stereocenters. The Bertz CT molecular complexity index is 1130. The fraction of sp³-hybridized carbons (Fsp3) is 0.579. The van der Waals surface area contributed by atoms with Crippen molar-refractivity contribution in [1.29, 1.82) is 0 Å². The second-order valence-corrected chi connectivity index (χ2v) is 11.9. The fourth-order valence-electron chi connectivity index (χ4n) is 6.13. The Labute approximate surface area is 266 Å². The zero-order valence-corrected chi connectivity index (χ0v) is 28.1. The molecule has 2 nitrogen and oxygen atoms in total. The quantitative estimate of drug-likeness (QED) is 0.0777. The summed E-state index contributed by atoms with van der Waals surface area (Å²) in [7, 11) is 0. The van der Waals surface area contributed by atoms with Gasteiger partial charge in [0.1, 0.15) is 0 Å². The van der Waals surface area contributed by atoms with E-state index in [0.717, 1.165) is 55.5 Å². The van der Waals surface area contributed by atoms with Gasteiger partial charge in [0.15, 0.2) is 0 Å². The standard InChI is InChI=1S/C38H56N2.Pd/c1-5-9-13-14-15-18-28-36-35(27-12-8-4)37(33-25-19-23-31(29-33)21-16-10-6-2)40(39)38(36)34-26-20-24-32(30-34)22-17-11-7-3;/h19-20,23-26,29-30H,5-18,21-22,27-28H2,1-4H3;. The first kappa shape index (κ1) is 35.4. The number of nitrogens with zero attached hydrogens (tertiary/aromatic N) is 2. The first-order valence-electron chi connectivity index (χ1n) is 16.8. The van der Waals surface area contributed by atoms with Gasteiger partial charge in [-0.15, -0.1) is 0 Å². The summed E-state index contributed by atoms with van der Waals surface area (Å²) in [5.41, 5.74) is 21.9. The van der Waals surface area contributed by atoms with Crippen LogP contribution in [-0.2, 0) is 33.3 Å². The van der Waals surface area contributed by atoms with Crippen molar-refractivity contribution in [3.63, 3.8) is 0 Å². The average molecular weight is 647 g/mol. The summed E-state index contributed by atoms with van der Waals surface area (Å²) < 4.78 is 1.58. The summed E-state index contributed by atoms with van der Waals surface area (Å²) in [4.78, 5) is 0. The molecule has 0 aliphatic carbocycles. The Morgan fingerprint density at radius 1 is 0.488 bits per heavy atom. The summed E-state index contributed by atoms with van der Waals surface area (Å²) in [6.07, 6.45) is 21.8. The molecule has 0 N–H and O–H groups in total. The van der Waals surface area contributed by atoms with Crippen molar-refractivity contribution >= 4 is 11.4 Å². The maximum Gasteiger partial charge on any atom is 0.211 e. The molecular weight excluding hydrogens is 591 g/mol. The Kier molecular flexibility index (Phi) is 17.4. The fourth-order valence-corrected chi connectivity index (χ4v) is 6.13. The predicted octanol–water partition coefficient (Wildman–Crippen LogP) is 12.3. The number of aryl methyl sites for hydroxylation is 2. The van der Waals surface area contributed by atoms with Crippen LogP contribution in [0, 0.1) is 0 Å². The van der Waals surface area contributed by atoms with E-state index in [1.165, 1.54) is 105 Å². The molecule has 3 rings (SSSR count). The van der Waals surface area contributed by atoms with Gasteiger partial charge in [-0.3, -0.25) is 0 Å². The van der Waals surface area contributed by atoms with Gasteiger partial charge >= 0.3 is 0 Å². The summed E-state index contributed by atoms with van der Waals surface area (Å²) >= 11 is 0. The van der Waals surface area contributed by atoms with Crippen molar-refractivity contribution in [1.82, 2.24) is 0 Å². The molecule has 1 heterocycles. The van der Waals surface area contributed by atoms with Crippen LogP contribution in [0.2, 0.25) is 0 Å². The number of allylic oxidation sites excluding steroid dienone is 2. The van der Waals surface area contributed by atoms with Crippen LogP contribution < -0.4 is 0 Å². The van der Waals surface area contributed by atoms with E-state index >= 15 is 0 Å². The summed E-state index contributed by atoms with van der Waals surface area (Å²) in [6, 6.07) is 18.0. The van der Waals surface area contributed by atoms with Gasteiger partial charge in [-0.2, -0.15) is 0 Å². The van der Waals surface area contributed by atoms with E-state index in [2.05, 4.69) is 76.2 Å². The van der Waals surface area contributed by atoms with Crippen molar-refractivity contribution in [2.24, 2.45) is 0 Å². The Hall–Kier alpha value is -1.82. The number of hydrogen-bond acceptors (Lipinski definition) is 0. The van der Waals surface area contributed by atoms with Crippen LogP contribution in [0.1, 0.15) is 153 Å². The minimum atomic E-state index is 0. The first-order chi connectivity index (χ1) is 19.6. The van der Waals surface area contributed by atoms with Gasteiger partial charge in [0.05, 0.1) is 0 Å². The molecule has 0 fully saturated rings. The number of benzene rings is 2. The number of hydrogen-bond donors (Lipinski definition) is 0. The van der Waals surface area contributed by atoms with Crippen molar-refractivity contribution in [2.75, 3.05) is 0 Å². The number of unbranched alkanes of at least 4 members (excludes halogenated alkanes) is 10. The van der Waals surface area contributed by atoms with Crippen LogP contribution >= 0.6 is 0 Å². The predicted molar refractivity (Wildman–Crippen MR) is 174 cm³/mol. The second-order valence-electron chi connectivity index (χ2n) is 11.9. The molecule has 228 valence electrons. The number of rotatable bonds is 20. The molecule has 0 radical (unpaired) electrons. The van der Waals surface area contributed by atoms with Crippen molar-refractivity contribution in [3.05, 3.63) is 87.5 Å². The van der Waals surface area contributed by atoms with Crippen molar-refractivity contribution in [3.8, 4) is 0 Å². The van der Waals surface area contributed by atoms with Crippen LogP contribution in [0.3, 0.4) is 0 Å². The van der Waals surface area contributed by atoms with Crippen molar-refractivity contribution in [2.45, 2.75) is 143 Å². The summed E-state index contributed by atoms with van der Waals surface area (Å²) in [5, 5.41) is 0. The maximum absolute atomic E-state index is 12.0. The normalized spacial score (nSPS) is 13.3. The molecule has 0 bridgehead atoms. The molecule has 0 aromatic heterocycles. The van der Waals surface area contributed by atoms with Crippen LogP contribution in [-0.4, -0.2) is 4.70 Å². The van der Waals surface area contributed by atoms with Gasteiger partial charge in [-0.05, 0) is 86.8 Å². The van der Waals surface area contributed by atoms with E-state index in [1.807, 2.05) is 0 Å². The van der Waals surface area contributed by atoms with E-state index in [9.17, 15) is 5.53 Å². The molecule has 1 aliphatic heterocycles. The molecule has 41 heavy (non-hydrogen) atoms. The molecule has 0 amide bonds. The zero-order chi connectivity index (χ0) is 28.6. The van der Waals surface area contributed by atoms with Gasteiger partial charge in [-0.1, -0.05) is 116 Å². The maximum atomic E-state index is 12.0. The smallest absolute Gasteiger partial charge is 0.211 e. The summed E-state index contributed by atoms with van der Waals surface area (Å²) in [5.74, 6) is 0. The van der Waals surface area contributed by atoms with E-state index in [4.69, 9.17) is 0 Å². The molecule has 0 spiro atoms. The third kappa shape index (κ3) is 10.8. The molecule has 2 aromatic rings.